The van der Waals surface area contributed by atoms with E-state index < -0.39 is 5.97 Å². The van der Waals surface area contributed by atoms with E-state index >= 15 is 0 Å². The molecule has 1 aliphatic carbocycles. The number of aliphatic hydroxyl groups is 1. The Morgan fingerprint density at radius 2 is 1.65 bits per heavy atom. The van der Waals surface area contributed by atoms with Gasteiger partial charge in [0.05, 0.1) is 6.26 Å². The lowest BCUT2D eigenvalue weighted by Crippen LogP contribution is -2.02. The van der Waals surface area contributed by atoms with Crippen LogP contribution in [0.1, 0.15) is 36.7 Å². The normalized spacial score (nSPS) is 12.2. The summed E-state index contributed by atoms with van der Waals surface area (Å²) in [6.45, 7) is 4.59. The number of rotatable bonds is 2. The van der Waals surface area contributed by atoms with E-state index in [9.17, 15) is 4.79 Å². The van der Waals surface area contributed by atoms with E-state index in [1.807, 2.05) is 0 Å². The number of carboxylic acid groups (broad SMARTS) is 1. The van der Waals surface area contributed by atoms with Crippen molar-refractivity contribution in [1.29, 1.82) is 0 Å². The Bertz CT molecular complexity index is 1160. The van der Waals surface area contributed by atoms with Gasteiger partial charge in [0.25, 0.3) is 0 Å². The summed E-state index contributed by atoms with van der Waals surface area (Å²) in [7, 11) is 0. The summed E-state index contributed by atoms with van der Waals surface area (Å²) in [5.74, 6) is -0.324. The molecule has 4 nitrogen and oxygen atoms in total. The summed E-state index contributed by atoms with van der Waals surface area (Å²) in [5, 5.41) is 21.9. The van der Waals surface area contributed by atoms with E-state index in [0.29, 0.717) is 5.76 Å². The van der Waals surface area contributed by atoms with Crippen molar-refractivity contribution in [1.82, 2.24) is 0 Å². The predicted octanol–water partition coefficient (Wildman–Crippen LogP) is 6.29. The first-order valence-electron chi connectivity index (χ1n) is 10.5. The van der Waals surface area contributed by atoms with Crippen molar-refractivity contribution in [3.8, 4) is 0 Å². The highest BCUT2D eigenvalue weighted by atomic mass is 16.4. The molecule has 0 saturated carbocycles. The Morgan fingerprint density at radius 1 is 0.935 bits per heavy atom. The highest BCUT2D eigenvalue weighted by molar-refractivity contribution is 6.08. The largest absolute Gasteiger partial charge is 0.478 e. The van der Waals surface area contributed by atoms with Gasteiger partial charge in [-0.3, -0.25) is 0 Å². The Hall–Kier alpha value is -3.37. The van der Waals surface area contributed by atoms with Crippen LogP contribution in [0, 0.1) is 0 Å². The number of furan rings is 1. The first-order valence-corrected chi connectivity index (χ1v) is 10.5. The lowest BCUT2D eigenvalue weighted by Gasteiger charge is -2.18. The van der Waals surface area contributed by atoms with Crippen molar-refractivity contribution in [3.05, 3.63) is 96.0 Å². The Balaban J connectivity index is 0.000000174. The molecule has 1 aromatic heterocycles. The van der Waals surface area contributed by atoms with Crippen LogP contribution in [0.3, 0.4) is 0 Å². The van der Waals surface area contributed by atoms with E-state index in [-0.39, 0.29) is 12.2 Å². The predicted molar refractivity (Wildman–Crippen MR) is 125 cm³/mol. The average Bonchev–Trinajstić information content (AvgIpc) is 3.33. The average molecular weight is 417 g/mol. The summed E-state index contributed by atoms with van der Waals surface area (Å²) >= 11 is 0. The van der Waals surface area contributed by atoms with Crippen LogP contribution in [0.2, 0.25) is 0 Å². The zero-order valence-corrected chi connectivity index (χ0v) is 17.8. The van der Waals surface area contributed by atoms with Crippen LogP contribution in [0.5, 0.6) is 0 Å². The molecule has 3 aromatic carbocycles. The maximum Gasteiger partial charge on any atom is 0.330 e. The standard InChI is InChI=1S/C18H16.C5H6O2.C4H6O2/c1-3-7-15-13(5-1)9-11-18-16-8-4-2-6-14(16)10-12-17(15)18;6-4-5-2-1-3-7-5;1-3(2)4(5)6/h1,3,5,7,9-12H,2,4,6,8H2;1-3,6H,4H2;1H2,2H3,(H,5,6). The van der Waals surface area contributed by atoms with Crippen molar-refractivity contribution in [2.45, 2.75) is 39.2 Å². The number of carbonyl (C=O) groups is 1. The van der Waals surface area contributed by atoms with E-state index in [4.69, 9.17) is 14.6 Å². The molecule has 0 saturated heterocycles. The van der Waals surface area contributed by atoms with Gasteiger partial charge in [0.15, 0.2) is 0 Å². The molecule has 1 aliphatic rings. The smallest absolute Gasteiger partial charge is 0.330 e. The van der Waals surface area contributed by atoms with E-state index in [1.165, 1.54) is 60.4 Å². The number of benzene rings is 3. The summed E-state index contributed by atoms with van der Waals surface area (Å²) in [5.41, 5.74) is 3.35. The first-order chi connectivity index (χ1) is 15.0. The minimum atomic E-state index is -0.935. The fourth-order valence-electron chi connectivity index (χ4n) is 3.75. The van der Waals surface area contributed by atoms with Gasteiger partial charge in [-0.25, -0.2) is 4.79 Å². The van der Waals surface area contributed by atoms with Crippen molar-refractivity contribution in [3.63, 3.8) is 0 Å². The number of hydrogen-bond acceptors (Lipinski definition) is 3. The second-order valence-electron chi connectivity index (χ2n) is 7.62. The van der Waals surface area contributed by atoms with E-state index in [2.05, 4.69) is 55.1 Å². The fourth-order valence-corrected chi connectivity index (χ4v) is 3.75. The molecule has 2 N–H and O–H groups in total. The molecular weight excluding hydrogens is 388 g/mol. The molecule has 4 aromatic rings. The van der Waals surface area contributed by atoms with Crippen molar-refractivity contribution < 1.29 is 19.4 Å². The van der Waals surface area contributed by atoms with Crippen LogP contribution in [-0.2, 0) is 24.2 Å². The quantitative estimate of drug-likeness (QED) is 0.297. The molecule has 0 bridgehead atoms. The maximum absolute atomic E-state index is 9.60. The molecular formula is C27H28O4. The van der Waals surface area contributed by atoms with E-state index in [1.54, 1.807) is 23.3 Å². The third kappa shape index (κ3) is 5.62. The summed E-state index contributed by atoms with van der Waals surface area (Å²) in [6.07, 6.45) is 6.75. The summed E-state index contributed by atoms with van der Waals surface area (Å²) in [4.78, 5) is 9.60. The van der Waals surface area contributed by atoms with Gasteiger partial charge >= 0.3 is 5.97 Å². The number of aliphatic hydroxyl groups excluding tert-OH is 1. The topological polar surface area (TPSA) is 70.7 Å². The molecule has 0 spiro atoms. The lowest BCUT2D eigenvalue weighted by molar-refractivity contribution is -0.132. The number of aliphatic carboxylic acids is 1. The van der Waals surface area contributed by atoms with Gasteiger partial charge in [-0.15, -0.1) is 0 Å². The van der Waals surface area contributed by atoms with Gasteiger partial charge in [-0.2, -0.15) is 0 Å². The zero-order valence-electron chi connectivity index (χ0n) is 17.8. The molecule has 0 fully saturated rings. The minimum absolute atomic E-state index is 0.00694. The van der Waals surface area contributed by atoms with Crippen LogP contribution in [-0.4, -0.2) is 16.2 Å². The molecule has 31 heavy (non-hydrogen) atoms. The molecule has 0 radical (unpaired) electrons. The number of fused-ring (bicyclic) bond motifs is 5. The van der Waals surface area contributed by atoms with Crippen LogP contribution in [0.15, 0.2) is 83.5 Å². The van der Waals surface area contributed by atoms with Crippen molar-refractivity contribution >= 4 is 27.5 Å². The number of hydrogen-bond donors (Lipinski definition) is 2. The second kappa shape index (κ2) is 10.6. The molecule has 4 heteroatoms. The molecule has 160 valence electrons. The first kappa shape index (κ1) is 22.3. The van der Waals surface area contributed by atoms with Crippen LogP contribution >= 0.6 is 0 Å². The van der Waals surface area contributed by atoms with Gasteiger partial charge < -0.3 is 14.6 Å². The van der Waals surface area contributed by atoms with Crippen LogP contribution < -0.4 is 0 Å². The van der Waals surface area contributed by atoms with Crippen molar-refractivity contribution in [2.75, 3.05) is 0 Å². The van der Waals surface area contributed by atoms with Gasteiger partial charge in [0.2, 0.25) is 0 Å². The molecule has 1 heterocycles. The van der Waals surface area contributed by atoms with E-state index in [0.717, 1.165) is 0 Å². The molecule has 5 rings (SSSR count). The Morgan fingerprint density at radius 3 is 2.29 bits per heavy atom. The van der Waals surface area contributed by atoms with Gasteiger partial charge in [0.1, 0.15) is 12.4 Å². The summed E-state index contributed by atoms with van der Waals surface area (Å²) < 4.78 is 4.73. The highest BCUT2D eigenvalue weighted by Gasteiger charge is 2.13. The van der Waals surface area contributed by atoms with Crippen molar-refractivity contribution in [2.24, 2.45) is 0 Å². The van der Waals surface area contributed by atoms with Gasteiger partial charge in [-0.05, 0) is 77.4 Å². The van der Waals surface area contributed by atoms with Gasteiger partial charge in [-0.1, -0.05) is 55.1 Å². The molecule has 0 amide bonds. The highest BCUT2D eigenvalue weighted by Crippen LogP contribution is 2.33. The minimum Gasteiger partial charge on any atom is -0.478 e. The van der Waals surface area contributed by atoms with Crippen LogP contribution in [0.25, 0.3) is 21.5 Å². The second-order valence-corrected chi connectivity index (χ2v) is 7.62. The zero-order chi connectivity index (χ0) is 22.2. The summed E-state index contributed by atoms with van der Waals surface area (Å²) in [6, 6.07) is 21.4. The van der Waals surface area contributed by atoms with Crippen LogP contribution in [0.4, 0.5) is 0 Å². The Kier molecular flexibility index (Phi) is 7.63. The molecule has 0 aliphatic heterocycles. The third-order valence-electron chi connectivity index (χ3n) is 5.36. The molecule has 0 atom stereocenters. The Labute approximate surface area is 182 Å². The van der Waals surface area contributed by atoms with Gasteiger partial charge in [0, 0.05) is 5.57 Å². The lowest BCUT2D eigenvalue weighted by atomic mass is 9.86. The number of carboxylic acids is 1. The third-order valence-corrected chi connectivity index (χ3v) is 5.36. The maximum atomic E-state index is 9.60. The number of aryl methyl sites for hydroxylation is 2. The SMILES string of the molecule is C=C(C)C(=O)O.OCc1ccco1.c1ccc2c(c1)ccc1c3c(ccc12)CCCC3. The monoisotopic (exact) mass is 416 g/mol. The fraction of sp³-hybridized carbons (Fsp3) is 0.222. The molecule has 0 unspecified atom stereocenters.